The molecule has 0 aliphatic heterocycles. The highest BCUT2D eigenvalue weighted by molar-refractivity contribution is 9.10. The Kier molecular flexibility index (Phi) is 6.52. The number of benzene rings is 2. The predicted octanol–water partition coefficient (Wildman–Crippen LogP) is 6.05. The first kappa shape index (κ1) is 22.7. The van der Waals surface area contributed by atoms with Crippen LogP contribution in [0.3, 0.4) is 0 Å². The third kappa shape index (κ3) is 4.38. The number of aromatic amines is 1. The number of carbonyl (C=O) groups excluding carboxylic acids is 1. The zero-order chi connectivity index (χ0) is 23.0. The van der Waals surface area contributed by atoms with Crippen LogP contribution in [0.25, 0.3) is 21.3 Å². The molecule has 0 saturated carbocycles. The number of H-pyrrole nitrogens is 1. The van der Waals surface area contributed by atoms with E-state index in [1.165, 1.54) is 11.3 Å². The summed E-state index contributed by atoms with van der Waals surface area (Å²) in [5, 5.41) is 0.827. The van der Waals surface area contributed by atoms with Crippen molar-refractivity contribution in [1.29, 1.82) is 0 Å². The summed E-state index contributed by atoms with van der Waals surface area (Å²) in [5.74, 6) is -0.191. The van der Waals surface area contributed by atoms with Gasteiger partial charge >= 0.3 is 0 Å². The molecule has 0 bridgehead atoms. The predicted molar refractivity (Wildman–Crippen MR) is 135 cm³/mol. The number of fused-ring (bicyclic) bond motifs is 1. The van der Waals surface area contributed by atoms with Crippen LogP contribution in [0.1, 0.15) is 11.8 Å². The van der Waals surface area contributed by atoms with Crippen molar-refractivity contribution < 1.29 is 9.53 Å². The Bertz CT molecular complexity index is 1450. The van der Waals surface area contributed by atoms with Crippen molar-refractivity contribution in [3.8, 4) is 16.9 Å². The standard InChI is InChI=1S/C22H17BrClN3O3S2/c1-11(30-16-9-8-14(23)10-15(16)24)19(28)26-27-21(29)18-17(13-6-4-3-5-7-13)12(2)32-20(18)25-22(27)31/h3-11H,1-2H3,(H,25,31)(H,26,28). The molecule has 10 heteroatoms. The number of aryl methyl sites for hydroxylation is 1. The van der Waals surface area contributed by atoms with E-state index < -0.39 is 17.6 Å². The van der Waals surface area contributed by atoms with Crippen LogP contribution < -0.4 is 15.7 Å². The second-order valence-corrected chi connectivity index (χ2v) is 9.92. The molecule has 1 amide bonds. The van der Waals surface area contributed by atoms with Gasteiger partial charge in [-0.15, -0.1) is 11.3 Å². The number of hydrogen-bond acceptors (Lipinski definition) is 5. The Morgan fingerprint density at radius 3 is 2.69 bits per heavy atom. The van der Waals surface area contributed by atoms with Crippen LogP contribution in [0.2, 0.25) is 5.02 Å². The highest BCUT2D eigenvalue weighted by Crippen LogP contribution is 2.35. The molecular formula is C22H17BrClN3O3S2. The summed E-state index contributed by atoms with van der Waals surface area (Å²) < 4.78 is 7.60. The number of hydrogen-bond donors (Lipinski definition) is 2. The fourth-order valence-corrected chi connectivity index (χ4v) is 5.34. The van der Waals surface area contributed by atoms with Crippen LogP contribution in [0.15, 0.2) is 57.8 Å². The first-order valence-corrected chi connectivity index (χ1v) is 11.9. The van der Waals surface area contributed by atoms with Crippen LogP contribution in [-0.2, 0) is 4.79 Å². The molecule has 2 aromatic heterocycles. The molecule has 0 fully saturated rings. The average Bonchev–Trinajstić information content (AvgIpc) is 3.09. The van der Waals surface area contributed by atoms with Crippen LogP contribution >= 0.6 is 51.1 Å². The van der Waals surface area contributed by atoms with Gasteiger partial charge in [0.2, 0.25) is 4.77 Å². The summed E-state index contributed by atoms with van der Waals surface area (Å²) in [6.07, 6.45) is -0.927. The molecule has 0 radical (unpaired) electrons. The van der Waals surface area contributed by atoms with Crippen LogP contribution in [0, 0.1) is 11.7 Å². The number of halogens is 2. The molecule has 0 spiro atoms. The van der Waals surface area contributed by atoms with Crippen molar-refractivity contribution in [3.05, 3.63) is 78.0 Å². The topological polar surface area (TPSA) is 76.1 Å². The summed E-state index contributed by atoms with van der Waals surface area (Å²) in [6.45, 7) is 3.51. The molecule has 4 aromatic rings. The molecule has 0 aliphatic carbocycles. The Balaban J connectivity index is 1.69. The van der Waals surface area contributed by atoms with Gasteiger partial charge in [0.15, 0.2) is 6.10 Å². The van der Waals surface area contributed by atoms with E-state index in [2.05, 4.69) is 26.3 Å². The van der Waals surface area contributed by atoms with Crippen LogP contribution in [0.5, 0.6) is 5.75 Å². The molecule has 0 saturated heterocycles. The van der Waals surface area contributed by atoms with Crippen molar-refractivity contribution in [1.82, 2.24) is 9.66 Å². The van der Waals surface area contributed by atoms with Gasteiger partial charge in [0.25, 0.3) is 11.5 Å². The highest BCUT2D eigenvalue weighted by Gasteiger charge is 2.21. The summed E-state index contributed by atoms with van der Waals surface area (Å²) in [4.78, 5) is 30.8. The quantitative estimate of drug-likeness (QED) is 0.297. The number of thiophene rings is 1. The fourth-order valence-electron chi connectivity index (χ4n) is 3.26. The zero-order valence-electron chi connectivity index (χ0n) is 16.9. The fraction of sp³-hybridized carbons (Fsp3) is 0.136. The highest BCUT2D eigenvalue weighted by atomic mass is 79.9. The molecule has 4 rings (SSSR count). The second-order valence-electron chi connectivity index (χ2n) is 6.98. The van der Waals surface area contributed by atoms with Gasteiger partial charge in [-0.25, -0.2) is 0 Å². The molecule has 32 heavy (non-hydrogen) atoms. The molecule has 2 heterocycles. The van der Waals surface area contributed by atoms with Gasteiger partial charge in [0.1, 0.15) is 10.6 Å². The van der Waals surface area contributed by atoms with Gasteiger partial charge in [-0.3, -0.25) is 15.0 Å². The lowest BCUT2D eigenvalue weighted by Crippen LogP contribution is -2.40. The molecule has 2 N–H and O–H groups in total. The number of ether oxygens (including phenoxy) is 1. The van der Waals surface area contributed by atoms with Crippen molar-refractivity contribution in [2.45, 2.75) is 20.0 Å². The second kappa shape index (κ2) is 9.19. The van der Waals surface area contributed by atoms with E-state index in [1.54, 1.807) is 25.1 Å². The number of amides is 1. The normalized spacial score (nSPS) is 12.0. The summed E-state index contributed by atoms with van der Waals surface area (Å²) in [7, 11) is 0. The SMILES string of the molecule is Cc1sc2[nH]c(=S)n(NC(=O)C(C)Oc3ccc(Br)cc3Cl)c(=O)c2c1-c1ccccc1. The molecule has 1 atom stereocenters. The smallest absolute Gasteiger partial charge is 0.282 e. The minimum atomic E-state index is -0.927. The maximum Gasteiger partial charge on any atom is 0.282 e. The molecule has 1 unspecified atom stereocenters. The molecule has 0 aliphatic rings. The van der Waals surface area contributed by atoms with Gasteiger partial charge in [-0.05, 0) is 49.8 Å². The largest absolute Gasteiger partial charge is 0.479 e. The summed E-state index contributed by atoms with van der Waals surface area (Å²) in [5.41, 5.74) is 3.89. The van der Waals surface area contributed by atoms with E-state index in [4.69, 9.17) is 28.6 Å². The van der Waals surface area contributed by atoms with Gasteiger partial charge in [-0.2, -0.15) is 4.68 Å². The van der Waals surface area contributed by atoms with Gasteiger partial charge < -0.3 is 9.72 Å². The van der Waals surface area contributed by atoms with Crippen LogP contribution in [-0.4, -0.2) is 21.7 Å². The Labute approximate surface area is 205 Å². The van der Waals surface area contributed by atoms with Crippen molar-refractivity contribution in [3.63, 3.8) is 0 Å². The zero-order valence-corrected chi connectivity index (χ0v) is 20.9. The molecule has 164 valence electrons. The molecule has 2 aromatic carbocycles. The van der Waals surface area contributed by atoms with Crippen molar-refractivity contribution in [2.24, 2.45) is 0 Å². The maximum atomic E-state index is 13.4. The third-order valence-electron chi connectivity index (χ3n) is 4.78. The Morgan fingerprint density at radius 1 is 1.28 bits per heavy atom. The molecular weight excluding hydrogens is 534 g/mol. The van der Waals surface area contributed by atoms with Gasteiger partial charge in [0.05, 0.1) is 10.4 Å². The number of carbonyl (C=O) groups is 1. The average molecular weight is 551 g/mol. The maximum absolute atomic E-state index is 13.4. The monoisotopic (exact) mass is 549 g/mol. The first-order valence-electron chi connectivity index (χ1n) is 9.52. The Hall–Kier alpha value is -2.46. The van der Waals surface area contributed by atoms with Gasteiger partial charge in [-0.1, -0.05) is 57.9 Å². The minimum absolute atomic E-state index is 0.0885. The molecule has 6 nitrogen and oxygen atoms in total. The lowest BCUT2D eigenvalue weighted by atomic mass is 10.0. The Morgan fingerprint density at radius 2 is 2.00 bits per heavy atom. The van der Waals surface area contributed by atoms with Crippen molar-refractivity contribution >= 4 is 67.2 Å². The number of rotatable bonds is 5. The van der Waals surface area contributed by atoms with E-state index in [0.717, 1.165) is 25.2 Å². The van der Waals surface area contributed by atoms with E-state index in [0.29, 0.717) is 21.0 Å². The lowest BCUT2D eigenvalue weighted by Gasteiger charge is -2.16. The van der Waals surface area contributed by atoms with E-state index in [-0.39, 0.29) is 4.77 Å². The first-order chi connectivity index (χ1) is 15.3. The van der Waals surface area contributed by atoms with E-state index in [9.17, 15) is 9.59 Å². The van der Waals surface area contributed by atoms with E-state index >= 15 is 0 Å². The van der Waals surface area contributed by atoms with Crippen molar-refractivity contribution in [2.75, 3.05) is 5.43 Å². The number of aromatic nitrogens is 2. The summed E-state index contributed by atoms with van der Waals surface area (Å²) in [6, 6.07) is 14.7. The number of nitrogens with one attached hydrogen (secondary N) is 2. The van der Waals surface area contributed by atoms with Crippen LogP contribution in [0.4, 0.5) is 0 Å². The third-order valence-corrected chi connectivity index (χ3v) is 6.87. The lowest BCUT2D eigenvalue weighted by molar-refractivity contribution is -0.123. The number of nitrogens with zero attached hydrogens (tertiary/aromatic N) is 1. The van der Waals surface area contributed by atoms with E-state index in [1.807, 2.05) is 37.3 Å². The van der Waals surface area contributed by atoms with Gasteiger partial charge in [0, 0.05) is 14.9 Å². The summed E-state index contributed by atoms with van der Waals surface area (Å²) >= 11 is 16.3. The minimum Gasteiger partial charge on any atom is -0.479 e.